The van der Waals surface area contributed by atoms with Crippen LogP contribution in [-0.2, 0) is 12.8 Å². The summed E-state index contributed by atoms with van der Waals surface area (Å²) < 4.78 is 16.4. The lowest BCUT2D eigenvalue weighted by molar-refractivity contribution is 0.171. The highest BCUT2D eigenvalue weighted by Gasteiger charge is 2.13. The zero-order chi connectivity index (χ0) is 16.1. The molecule has 3 rings (SSSR count). The molecule has 1 aliphatic rings. The second-order valence-electron chi connectivity index (χ2n) is 5.40. The Morgan fingerprint density at radius 2 is 2.09 bits per heavy atom. The highest BCUT2D eigenvalue weighted by molar-refractivity contribution is 7.99. The normalized spacial score (nSPS) is 14.7. The van der Waals surface area contributed by atoms with Gasteiger partial charge in [0.15, 0.2) is 17.3 Å². The molecule has 1 unspecified atom stereocenters. The SMILES string of the molecule is CNC(C)Cc1noc(CCSc2ccc3c(c2)OCCO3)n1. The summed E-state index contributed by atoms with van der Waals surface area (Å²) in [5.41, 5.74) is 0. The summed E-state index contributed by atoms with van der Waals surface area (Å²) in [5, 5.41) is 7.18. The minimum absolute atomic E-state index is 0.340. The van der Waals surface area contributed by atoms with Gasteiger partial charge in [0.2, 0.25) is 5.89 Å². The number of rotatable bonds is 7. The molecule has 1 N–H and O–H groups in total. The fourth-order valence-corrected chi connectivity index (χ4v) is 3.09. The number of aryl methyl sites for hydroxylation is 1. The molecule has 0 amide bonds. The first-order valence-corrected chi connectivity index (χ1v) is 8.74. The van der Waals surface area contributed by atoms with Gasteiger partial charge >= 0.3 is 0 Å². The molecular formula is C16H21N3O3S. The second kappa shape index (κ2) is 7.70. The van der Waals surface area contributed by atoms with E-state index in [4.69, 9.17) is 14.0 Å². The van der Waals surface area contributed by atoms with E-state index in [0.29, 0.717) is 25.1 Å². The van der Waals surface area contributed by atoms with Crippen molar-refractivity contribution in [3.63, 3.8) is 0 Å². The van der Waals surface area contributed by atoms with Gasteiger partial charge < -0.3 is 19.3 Å². The van der Waals surface area contributed by atoms with Crippen molar-refractivity contribution in [2.45, 2.75) is 30.7 Å². The lowest BCUT2D eigenvalue weighted by atomic mass is 10.2. The Bertz CT molecular complexity index is 647. The van der Waals surface area contributed by atoms with Crippen LogP contribution in [0.1, 0.15) is 18.6 Å². The molecule has 1 atom stereocenters. The van der Waals surface area contributed by atoms with Gasteiger partial charge in [0.25, 0.3) is 0 Å². The van der Waals surface area contributed by atoms with E-state index < -0.39 is 0 Å². The first kappa shape index (κ1) is 16.1. The van der Waals surface area contributed by atoms with Gasteiger partial charge in [-0.1, -0.05) is 5.16 Å². The largest absolute Gasteiger partial charge is 0.486 e. The first-order chi connectivity index (χ1) is 11.2. The number of nitrogens with zero attached hydrogens (tertiary/aromatic N) is 2. The predicted octanol–water partition coefficient (Wildman–Crippen LogP) is 2.33. The standard InChI is InChI=1S/C16H21N3O3S/c1-11(17-2)9-15-18-16(22-19-15)5-8-23-12-3-4-13-14(10-12)21-7-6-20-13/h3-4,10-11,17H,5-9H2,1-2H3. The Morgan fingerprint density at radius 3 is 2.91 bits per heavy atom. The third-order valence-electron chi connectivity index (χ3n) is 3.59. The molecule has 1 aliphatic heterocycles. The van der Waals surface area contributed by atoms with E-state index in [-0.39, 0.29) is 0 Å². The van der Waals surface area contributed by atoms with Gasteiger partial charge in [-0.05, 0) is 32.2 Å². The van der Waals surface area contributed by atoms with Crippen LogP contribution in [0.4, 0.5) is 0 Å². The molecule has 124 valence electrons. The van der Waals surface area contributed by atoms with Crippen LogP contribution in [0.5, 0.6) is 11.5 Å². The molecule has 1 aromatic heterocycles. The molecule has 7 heteroatoms. The van der Waals surface area contributed by atoms with E-state index in [1.165, 1.54) is 0 Å². The Kier molecular flexibility index (Phi) is 5.40. The topological polar surface area (TPSA) is 69.4 Å². The van der Waals surface area contributed by atoms with Crippen LogP contribution >= 0.6 is 11.8 Å². The van der Waals surface area contributed by atoms with E-state index in [1.807, 2.05) is 25.2 Å². The summed E-state index contributed by atoms with van der Waals surface area (Å²) in [5.74, 6) is 3.96. The third-order valence-corrected chi connectivity index (χ3v) is 4.59. The Labute approximate surface area is 139 Å². The van der Waals surface area contributed by atoms with Gasteiger partial charge in [0, 0.05) is 29.5 Å². The summed E-state index contributed by atoms with van der Waals surface area (Å²) in [6, 6.07) is 6.37. The number of hydrogen-bond acceptors (Lipinski definition) is 7. The molecule has 1 aromatic carbocycles. The zero-order valence-electron chi connectivity index (χ0n) is 13.4. The fraction of sp³-hybridized carbons (Fsp3) is 0.500. The number of nitrogens with one attached hydrogen (secondary N) is 1. The molecule has 2 aromatic rings. The van der Waals surface area contributed by atoms with Crippen molar-refractivity contribution < 1.29 is 14.0 Å². The van der Waals surface area contributed by atoms with Crippen molar-refractivity contribution in [3.05, 3.63) is 29.9 Å². The molecule has 0 bridgehead atoms. The van der Waals surface area contributed by atoms with E-state index in [0.717, 1.165) is 40.8 Å². The van der Waals surface area contributed by atoms with Crippen molar-refractivity contribution in [2.75, 3.05) is 26.0 Å². The highest BCUT2D eigenvalue weighted by Crippen LogP contribution is 2.34. The number of benzene rings is 1. The fourth-order valence-electron chi connectivity index (χ4n) is 2.22. The second-order valence-corrected chi connectivity index (χ2v) is 6.57. The van der Waals surface area contributed by atoms with Gasteiger partial charge in [0.05, 0.1) is 0 Å². The van der Waals surface area contributed by atoms with Crippen molar-refractivity contribution in [2.24, 2.45) is 0 Å². The summed E-state index contributed by atoms with van der Waals surface area (Å²) in [6.45, 7) is 3.32. The molecule has 0 spiro atoms. The minimum atomic E-state index is 0.340. The van der Waals surface area contributed by atoms with Crippen molar-refractivity contribution >= 4 is 11.8 Å². The van der Waals surface area contributed by atoms with Gasteiger partial charge in [-0.25, -0.2) is 0 Å². The molecule has 2 heterocycles. The van der Waals surface area contributed by atoms with Crippen LogP contribution < -0.4 is 14.8 Å². The van der Waals surface area contributed by atoms with Gasteiger partial charge in [0.1, 0.15) is 13.2 Å². The van der Waals surface area contributed by atoms with Crippen LogP contribution in [0.2, 0.25) is 0 Å². The first-order valence-electron chi connectivity index (χ1n) is 7.76. The Balaban J connectivity index is 1.49. The van der Waals surface area contributed by atoms with Gasteiger partial charge in [-0.3, -0.25) is 0 Å². The van der Waals surface area contributed by atoms with Crippen LogP contribution in [0.25, 0.3) is 0 Å². The number of aromatic nitrogens is 2. The van der Waals surface area contributed by atoms with E-state index in [9.17, 15) is 0 Å². The molecule has 0 fully saturated rings. The number of likely N-dealkylation sites (N-methyl/N-ethyl adjacent to an activating group) is 1. The average Bonchev–Trinajstić information content (AvgIpc) is 3.02. The summed E-state index contributed by atoms with van der Waals surface area (Å²) in [6.07, 6.45) is 1.52. The molecule has 0 saturated carbocycles. The summed E-state index contributed by atoms with van der Waals surface area (Å²) in [4.78, 5) is 5.57. The van der Waals surface area contributed by atoms with Crippen molar-refractivity contribution in [1.29, 1.82) is 0 Å². The summed E-state index contributed by atoms with van der Waals surface area (Å²) >= 11 is 1.74. The molecule has 6 nitrogen and oxygen atoms in total. The monoisotopic (exact) mass is 335 g/mol. The number of thioether (sulfide) groups is 1. The maximum absolute atomic E-state index is 5.59. The van der Waals surface area contributed by atoms with E-state index in [2.05, 4.69) is 22.4 Å². The van der Waals surface area contributed by atoms with Gasteiger partial charge in [-0.15, -0.1) is 11.8 Å². The highest BCUT2D eigenvalue weighted by atomic mass is 32.2. The zero-order valence-corrected chi connectivity index (χ0v) is 14.2. The van der Waals surface area contributed by atoms with Crippen LogP contribution in [-0.4, -0.2) is 42.2 Å². The van der Waals surface area contributed by atoms with Gasteiger partial charge in [-0.2, -0.15) is 4.98 Å². The smallest absolute Gasteiger partial charge is 0.227 e. The maximum atomic E-state index is 5.59. The Morgan fingerprint density at radius 1 is 1.26 bits per heavy atom. The lowest BCUT2D eigenvalue weighted by Crippen LogP contribution is -2.24. The van der Waals surface area contributed by atoms with Crippen LogP contribution in [0.3, 0.4) is 0 Å². The minimum Gasteiger partial charge on any atom is -0.486 e. The lowest BCUT2D eigenvalue weighted by Gasteiger charge is -2.18. The summed E-state index contributed by atoms with van der Waals surface area (Å²) in [7, 11) is 1.93. The van der Waals surface area contributed by atoms with E-state index >= 15 is 0 Å². The molecule has 0 saturated heterocycles. The number of fused-ring (bicyclic) bond motifs is 1. The maximum Gasteiger partial charge on any atom is 0.227 e. The third kappa shape index (κ3) is 4.39. The average molecular weight is 335 g/mol. The van der Waals surface area contributed by atoms with Crippen molar-refractivity contribution in [1.82, 2.24) is 15.5 Å². The van der Waals surface area contributed by atoms with Crippen molar-refractivity contribution in [3.8, 4) is 11.5 Å². The molecule has 0 aliphatic carbocycles. The quantitative estimate of drug-likeness (QED) is 0.779. The Hall–Kier alpha value is -1.73. The molecular weight excluding hydrogens is 314 g/mol. The number of ether oxygens (including phenoxy) is 2. The number of hydrogen-bond donors (Lipinski definition) is 1. The molecule has 23 heavy (non-hydrogen) atoms. The predicted molar refractivity (Wildman–Crippen MR) is 88.4 cm³/mol. The van der Waals surface area contributed by atoms with Crippen LogP contribution in [0.15, 0.2) is 27.6 Å². The molecule has 0 radical (unpaired) electrons. The van der Waals surface area contributed by atoms with Crippen LogP contribution in [0, 0.1) is 0 Å². The van der Waals surface area contributed by atoms with E-state index in [1.54, 1.807) is 11.8 Å².